The summed E-state index contributed by atoms with van der Waals surface area (Å²) in [4.78, 5) is 17.7. The second-order valence-corrected chi connectivity index (χ2v) is 3.47. The predicted octanol–water partition coefficient (Wildman–Crippen LogP) is 2.14. The van der Waals surface area contributed by atoms with Crippen LogP contribution in [0.25, 0.3) is 10.9 Å². The molecule has 1 aromatic carbocycles. The molecule has 4 heteroatoms. The highest BCUT2D eigenvalue weighted by Crippen LogP contribution is 2.18. The van der Waals surface area contributed by atoms with E-state index in [0.29, 0.717) is 10.5 Å². The maximum absolute atomic E-state index is 11.2. The summed E-state index contributed by atoms with van der Waals surface area (Å²) >= 11 is 5.81. The number of hydrogen-bond donors (Lipinski definition) is 1. The van der Waals surface area contributed by atoms with Crippen LogP contribution in [0.1, 0.15) is 12.6 Å². The molecule has 72 valence electrons. The molecule has 0 saturated heterocycles. The highest BCUT2D eigenvalue weighted by atomic mass is 35.5. The van der Waals surface area contributed by atoms with E-state index in [1.54, 1.807) is 12.1 Å². The van der Waals surface area contributed by atoms with Crippen molar-refractivity contribution in [2.75, 3.05) is 0 Å². The van der Waals surface area contributed by atoms with Crippen molar-refractivity contribution in [3.63, 3.8) is 0 Å². The fourth-order valence-corrected chi connectivity index (χ4v) is 1.63. The molecule has 0 aliphatic rings. The lowest BCUT2D eigenvalue weighted by Crippen LogP contribution is -2.12. The van der Waals surface area contributed by atoms with Crippen LogP contribution < -0.4 is 5.69 Å². The molecule has 0 spiro atoms. The first kappa shape index (κ1) is 9.21. The molecule has 3 nitrogen and oxygen atoms in total. The second kappa shape index (κ2) is 3.42. The Hall–Kier alpha value is -1.35. The minimum atomic E-state index is -0.323. The number of nitrogens with zero attached hydrogens (tertiary/aromatic N) is 1. The Bertz CT molecular complexity index is 533. The van der Waals surface area contributed by atoms with Gasteiger partial charge in [-0.2, -0.15) is 4.98 Å². The molecule has 14 heavy (non-hydrogen) atoms. The van der Waals surface area contributed by atoms with Gasteiger partial charge in [0.1, 0.15) is 0 Å². The van der Waals surface area contributed by atoms with Gasteiger partial charge in [-0.3, -0.25) is 0 Å². The average molecular weight is 209 g/mol. The number of nitrogens with one attached hydrogen (secondary N) is 1. The van der Waals surface area contributed by atoms with Gasteiger partial charge in [0.05, 0.1) is 5.52 Å². The third kappa shape index (κ3) is 1.51. The summed E-state index contributed by atoms with van der Waals surface area (Å²) in [7, 11) is 0. The lowest BCUT2D eigenvalue weighted by atomic mass is 10.1. The maximum atomic E-state index is 11.2. The Morgan fingerprint density at radius 2 is 2.29 bits per heavy atom. The van der Waals surface area contributed by atoms with Gasteiger partial charge in [0.15, 0.2) is 0 Å². The number of benzene rings is 1. The van der Waals surface area contributed by atoms with Crippen LogP contribution in [0.2, 0.25) is 5.02 Å². The van der Waals surface area contributed by atoms with Gasteiger partial charge in [0, 0.05) is 16.1 Å². The van der Waals surface area contributed by atoms with Gasteiger partial charge in [-0.05, 0) is 24.6 Å². The summed E-state index contributed by atoms with van der Waals surface area (Å²) < 4.78 is 0. The molecular weight excluding hydrogens is 200 g/mol. The fraction of sp³-hybridized carbons (Fsp3) is 0.200. The van der Waals surface area contributed by atoms with E-state index in [1.165, 1.54) is 0 Å². The number of hydrogen-bond acceptors (Lipinski definition) is 2. The molecule has 1 N–H and O–H groups in total. The van der Waals surface area contributed by atoms with Gasteiger partial charge in [0.2, 0.25) is 0 Å². The lowest BCUT2D eigenvalue weighted by Gasteiger charge is -2.02. The smallest absolute Gasteiger partial charge is 0.309 e. The van der Waals surface area contributed by atoms with E-state index in [0.717, 1.165) is 17.5 Å². The van der Waals surface area contributed by atoms with E-state index in [-0.39, 0.29) is 5.69 Å². The summed E-state index contributed by atoms with van der Waals surface area (Å²) in [5.74, 6) is 0. The zero-order chi connectivity index (χ0) is 10.1. The van der Waals surface area contributed by atoms with Crippen molar-refractivity contribution in [2.24, 2.45) is 0 Å². The Labute approximate surface area is 85.7 Å². The second-order valence-electron chi connectivity index (χ2n) is 3.04. The summed E-state index contributed by atoms with van der Waals surface area (Å²) in [6.07, 6.45) is 0.774. The van der Waals surface area contributed by atoms with Gasteiger partial charge < -0.3 is 4.98 Å². The van der Waals surface area contributed by atoms with Crippen LogP contribution in [-0.4, -0.2) is 9.97 Å². The van der Waals surface area contributed by atoms with Crippen LogP contribution in [0.5, 0.6) is 0 Å². The van der Waals surface area contributed by atoms with Gasteiger partial charge in [-0.15, -0.1) is 0 Å². The molecule has 0 bridgehead atoms. The molecule has 2 aromatic rings. The number of aryl methyl sites for hydroxylation is 1. The molecule has 0 amide bonds. The summed E-state index contributed by atoms with van der Waals surface area (Å²) in [5.41, 5.74) is 1.23. The highest BCUT2D eigenvalue weighted by molar-refractivity contribution is 6.31. The molecular formula is C10H9ClN2O. The van der Waals surface area contributed by atoms with Crippen molar-refractivity contribution in [2.45, 2.75) is 13.3 Å². The van der Waals surface area contributed by atoms with Crippen LogP contribution in [-0.2, 0) is 6.42 Å². The van der Waals surface area contributed by atoms with E-state index in [9.17, 15) is 4.79 Å². The minimum Gasteiger partial charge on any atom is -0.309 e. The quantitative estimate of drug-likeness (QED) is 0.781. The van der Waals surface area contributed by atoms with Crippen molar-refractivity contribution < 1.29 is 0 Å². The fourth-order valence-electron chi connectivity index (χ4n) is 1.47. The number of halogens is 1. The Morgan fingerprint density at radius 1 is 1.50 bits per heavy atom. The minimum absolute atomic E-state index is 0.323. The summed E-state index contributed by atoms with van der Waals surface area (Å²) in [6.45, 7) is 1.99. The van der Waals surface area contributed by atoms with Crippen molar-refractivity contribution in [3.05, 3.63) is 39.4 Å². The Kier molecular flexibility index (Phi) is 2.25. The molecule has 0 atom stereocenters. The van der Waals surface area contributed by atoms with E-state index in [4.69, 9.17) is 11.6 Å². The zero-order valence-corrected chi connectivity index (χ0v) is 8.43. The van der Waals surface area contributed by atoms with E-state index in [1.807, 2.05) is 13.0 Å². The van der Waals surface area contributed by atoms with E-state index in [2.05, 4.69) is 9.97 Å². The molecule has 0 aliphatic heterocycles. The average Bonchev–Trinajstić information content (AvgIpc) is 2.15. The molecule has 0 aliphatic carbocycles. The first-order valence-corrected chi connectivity index (χ1v) is 4.77. The lowest BCUT2D eigenvalue weighted by molar-refractivity contribution is 0.990. The third-order valence-corrected chi connectivity index (χ3v) is 2.35. The van der Waals surface area contributed by atoms with Crippen LogP contribution in [0.15, 0.2) is 23.0 Å². The molecule has 0 saturated carbocycles. The van der Waals surface area contributed by atoms with Gasteiger partial charge in [0.25, 0.3) is 0 Å². The topological polar surface area (TPSA) is 45.8 Å². The van der Waals surface area contributed by atoms with E-state index < -0.39 is 0 Å². The highest BCUT2D eigenvalue weighted by Gasteiger charge is 2.02. The first-order valence-electron chi connectivity index (χ1n) is 4.39. The predicted molar refractivity (Wildman–Crippen MR) is 56.8 cm³/mol. The van der Waals surface area contributed by atoms with Crippen LogP contribution in [0.3, 0.4) is 0 Å². The molecule has 0 radical (unpaired) electrons. The summed E-state index contributed by atoms with van der Waals surface area (Å²) in [6, 6.07) is 5.37. The number of rotatable bonds is 1. The zero-order valence-electron chi connectivity index (χ0n) is 7.67. The molecule has 0 unspecified atom stereocenters. The van der Waals surface area contributed by atoms with Crippen molar-refractivity contribution in [3.8, 4) is 0 Å². The molecule has 1 heterocycles. The van der Waals surface area contributed by atoms with Gasteiger partial charge in [-0.25, -0.2) is 4.79 Å². The number of H-pyrrole nitrogens is 1. The normalized spacial score (nSPS) is 10.7. The van der Waals surface area contributed by atoms with Crippen LogP contribution in [0.4, 0.5) is 0 Å². The molecule has 2 rings (SSSR count). The van der Waals surface area contributed by atoms with E-state index >= 15 is 0 Å². The van der Waals surface area contributed by atoms with Crippen molar-refractivity contribution >= 4 is 22.5 Å². The number of aromatic nitrogens is 2. The number of fused-ring (bicyclic) bond motifs is 1. The molecule has 1 aromatic heterocycles. The van der Waals surface area contributed by atoms with Gasteiger partial charge >= 0.3 is 5.69 Å². The standard InChI is InChI=1S/C10H9ClN2O/c1-2-8-7-4-3-6(11)5-9(7)13-10(14)12-8/h3-5H,2H2,1H3,(H,12,13,14). The molecule has 0 fully saturated rings. The Balaban J connectivity index is 2.87. The van der Waals surface area contributed by atoms with Gasteiger partial charge in [-0.1, -0.05) is 18.5 Å². The Morgan fingerprint density at radius 3 is 3.00 bits per heavy atom. The van der Waals surface area contributed by atoms with Crippen LogP contribution in [0, 0.1) is 0 Å². The monoisotopic (exact) mass is 208 g/mol. The van der Waals surface area contributed by atoms with Crippen molar-refractivity contribution in [1.29, 1.82) is 0 Å². The SMILES string of the molecule is CCc1[nH]c(=O)nc2cc(Cl)ccc12. The number of aromatic amines is 1. The maximum Gasteiger partial charge on any atom is 0.345 e. The summed E-state index contributed by atoms with van der Waals surface area (Å²) in [5, 5.41) is 1.55. The first-order chi connectivity index (χ1) is 6.70. The van der Waals surface area contributed by atoms with Crippen molar-refractivity contribution in [1.82, 2.24) is 9.97 Å². The largest absolute Gasteiger partial charge is 0.345 e. The van der Waals surface area contributed by atoms with Crippen LogP contribution >= 0.6 is 11.6 Å². The third-order valence-electron chi connectivity index (χ3n) is 2.12.